The van der Waals surface area contributed by atoms with Gasteiger partial charge in [-0.25, -0.2) is 4.39 Å². The number of phenols is 1. The molecule has 1 aromatic heterocycles. The Balaban J connectivity index is 1.66. The first-order chi connectivity index (χ1) is 12.4. The highest BCUT2D eigenvalue weighted by atomic mass is 35.5. The lowest BCUT2D eigenvalue weighted by Gasteiger charge is -2.13. The average Bonchev–Trinajstić information content (AvgIpc) is 3.05. The lowest BCUT2D eigenvalue weighted by molar-refractivity contribution is -0.122. The van der Waals surface area contributed by atoms with Gasteiger partial charge >= 0.3 is 0 Å². The van der Waals surface area contributed by atoms with Gasteiger partial charge in [0.25, 0.3) is 5.91 Å². The third kappa shape index (κ3) is 4.09. The molecule has 26 heavy (non-hydrogen) atoms. The monoisotopic (exact) mass is 376 g/mol. The van der Waals surface area contributed by atoms with E-state index in [1.165, 1.54) is 37.3 Å². The zero-order valence-electron chi connectivity index (χ0n) is 13.5. The van der Waals surface area contributed by atoms with E-state index in [9.17, 15) is 14.3 Å². The van der Waals surface area contributed by atoms with Crippen LogP contribution in [0.25, 0.3) is 11.4 Å². The molecular weight excluding hydrogens is 363 g/mol. The van der Waals surface area contributed by atoms with Gasteiger partial charge in [0.15, 0.2) is 11.9 Å². The SMILES string of the molecule is C[C@@H](Oc1cccc(F)c1)C(=O)Nc1n[nH]c(-c2ccc(O)c(Cl)c2)n1. The van der Waals surface area contributed by atoms with Gasteiger partial charge in [-0.05, 0) is 37.3 Å². The van der Waals surface area contributed by atoms with E-state index in [2.05, 4.69) is 20.5 Å². The van der Waals surface area contributed by atoms with Crippen LogP contribution in [0, 0.1) is 5.82 Å². The van der Waals surface area contributed by atoms with Crippen molar-refractivity contribution >= 4 is 23.5 Å². The van der Waals surface area contributed by atoms with Crippen LogP contribution < -0.4 is 10.1 Å². The summed E-state index contributed by atoms with van der Waals surface area (Å²) in [6.45, 7) is 1.52. The number of H-pyrrole nitrogens is 1. The molecule has 2 aromatic carbocycles. The first-order valence-electron chi connectivity index (χ1n) is 7.57. The number of hydrogen-bond donors (Lipinski definition) is 3. The van der Waals surface area contributed by atoms with Crippen LogP contribution in [0.1, 0.15) is 6.92 Å². The van der Waals surface area contributed by atoms with E-state index in [0.717, 1.165) is 0 Å². The number of phenolic OH excluding ortho intramolecular Hbond substituents is 1. The normalized spacial score (nSPS) is 11.8. The van der Waals surface area contributed by atoms with Gasteiger partial charge in [-0.3, -0.25) is 15.2 Å². The maximum absolute atomic E-state index is 13.2. The number of hydrogen-bond acceptors (Lipinski definition) is 5. The first-order valence-corrected chi connectivity index (χ1v) is 7.94. The maximum Gasteiger partial charge on any atom is 0.267 e. The smallest absolute Gasteiger partial charge is 0.267 e. The molecule has 0 aliphatic rings. The quantitative estimate of drug-likeness (QED) is 0.633. The average molecular weight is 377 g/mol. The van der Waals surface area contributed by atoms with Crippen LogP contribution in [-0.4, -0.2) is 32.3 Å². The van der Waals surface area contributed by atoms with Crippen LogP contribution in [0.4, 0.5) is 10.3 Å². The fourth-order valence-electron chi connectivity index (χ4n) is 2.11. The molecule has 0 unspecified atom stereocenters. The van der Waals surface area contributed by atoms with Gasteiger partial charge in [-0.15, -0.1) is 5.10 Å². The van der Waals surface area contributed by atoms with Crippen molar-refractivity contribution in [1.82, 2.24) is 15.2 Å². The summed E-state index contributed by atoms with van der Waals surface area (Å²) in [5.41, 5.74) is 0.588. The molecule has 0 aliphatic heterocycles. The van der Waals surface area contributed by atoms with Gasteiger partial charge in [0.1, 0.15) is 17.3 Å². The molecule has 0 saturated carbocycles. The van der Waals surface area contributed by atoms with E-state index in [0.29, 0.717) is 11.4 Å². The second-order valence-electron chi connectivity index (χ2n) is 5.38. The molecule has 134 valence electrons. The lowest BCUT2D eigenvalue weighted by Crippen LogP contribution is -2.30. The molecule has 9 heteroatoms. The number of amides is 1. The summed E-state index contributed by atoms with van der Waals surface area (Å²) in [7, 11) is 0. The summed E-state index contributed by atoms with van der Waals surface area (Å²) in [5.74, 6) is -0.358. The van der Waals surface area contributed by atoms with Crippen molar-refractivity contribution in [1.29, 1.82) is 0 Å². The Hall–Kier alpha value is -3.13. The Morgan fingerprint density at radius 2 is 2.15 bits per heavy atom. The predicted molar refractivity (Wildman–Crippen MR) is 93.6 cm³/mol. The van der Waals surface area contributed by atoms with Crippen molar-refractivity contribution in [3.05, 3.63) is 53.3 Å². The minimum atomic E-state index is -0.887. The number of carbonyl (C=O) groups excluding carboxylic acids is 1. The number of ether oxygens (including phenoxy) is 1. The zero-order valence-corrected chi connectivity index (χ0v) is 14.3. The molecule has 0 aliphatic carbocycles. The second-order valence-corrected chi connectivity index (χ2v) is 5.79. The molecule has 3 rings (SSSR count). The number of rotatable bonds is 5. The van der Waals surface area contributed by atoms with Crippen LogP contribution in [0.2, 0.25) is 5.02 Å². The summed E-state index contributed by atoms with van der Waals surface area (Å²) in [5, 5.41) is 18.7. The maximum atomic E-state index is 13.2. The van der Waals surface area contributed by atoms with Crippen molar-refractivity contribution in [2.75, 3.05) is 5.32 Å². The number of benzene rings is 2. The minimum absolute atomic E-state index is 0.0453. The van der Waals surface area contributed by atoms with Gasteiger partial charge in [0.2, 0.25) is 5.95 Å². The molecule has 0 spiro atoms. The number of anilines is 1. The number of nitrogens with one attached hydrogen (secondary N) is 2. The molecule has 0 fully saturated rings. The van der Waals surface area contributed by atoms with Crippen molar-refractivity contribution in [2.24, 2.45) is 0 Å². The van der Waals surface area contributed by atoms with Crippen LogP contribution in [0.15, 0.2) is 42.5 Å². The van der Waals surface area contributed by atoms with E-state index in [1.54, 1.807) is 12.1 Å². The van der Waals surface area contributed by atoms with Crippen molar-refractivity contribution in [2.45, 2.75) is 13.0 Å². The largest absolute Gasteiger partial charge is 0.506 e. The Morgan fingerprint density at radius 1 is 1.35 bits per heavy atom. The second kappa shape index (κ2) is 7.40. The predicted octanol–water partition coefficient (Wildman–Crippen LogP) is 3.38. The highest BCUT2D eigenvalue weighted by molar-refractivity contribution is 6.32. The van der Waals surface area contributed by atoms with Crippen LogP contribution in [-0.2, 0) is 4.79 Å². The van der Waals surface area contributed by atoms with E-state index < -0.39 is 17.8 Å². The summed E-state index contributed by atoms with van der Waals surface area (Å²) in [6, 6.07) is 10.0. The van der Waals surface area contributed by atoms with E-state index in [-0.39, 0.29) is 22.5 Å². The van der Waals surface area contributed by atoms with E-state index in [1.807, 2.05) is 0 Å². The summed E-state index contributed by atoms with van der Waals surface area (Å²) >= 11 is 5.86. The van der Waals surface area contributed by atoms with Crippen LogP contribution >= 0.6 is 11.6 Å². The highest BCUT2D eigenvalue weighted by Crippen LogP contribution is 2.28. The number of nitrogens with zero attached hydrogens (tertiary/aromatic N) is 2. The molecule has 3 aromatic rings. The highest BCUT2D eigenvalue weighted by Gasteiger charge is 2.17. The summed E-state index contributed by atoms with van der Waals surface area (Å²) in [4.78, 5) is 16.3. The molecular formula is C17H14ClFN4O3. The standard InChI is InChI=1S/C17H14ClFN4O3/c1-9(26-12-4-2-3-11(19)8-12)16(25)21-17-20-15(22-23-17)10-5-6-14(24)13(18)7-10/h2-9,24H,1H3,(H2,20,21,22,23,25)/t9-/m1/s1. The Kier molecular flexibility index (Phi) is 5.04. The third-order valence-electron chi connectivity index (χ3n) is 3.42. The molecule has 7 nitrogen and oxygen atoms in total. The first kappa shape index (κ1) is 17.7. The molecule has 1 atom stereocenters. The van der Waals surface area contributed by atoms with Crippen LogP contribution in [0.5, 0.6) is 11.5 Å². The van der Waals surface area contributed by atoms with Gasteiger partial charge in [0.05, 0.1) is 5.02 Å². The van der Waals surface area contributed by atoms with Crippen molar-refractivity contribution in [3.8, 4) is 22.9 Å². The minimum Gasteiger partial charge on any atom is -0.506 e. The van der Waals surface area contributed by atoms with Crippen molar-refractivity contribution < 1.29 is 19.0 Å². The van der Waals surface area contributed by atoms with Gasteiger partial charge < -0.3 is 9.84 Å². The summed E-state index contributed by atoms with van der Waals surface area (Å²) < 4.78 is 18.5. The van der Waals surface area contributed by atoms with E-state index >= 15 is 0 Å². The van der Waals surface area contributed by atoms with E-state index in [4.69, 9.17) is 16.3 Å². The molecule has 3 N–H and O–H groups in total. The Morgan fingerprint density at radius 3 is 2.88 bits per heavy atom. The fraction of sp³-hybridized carbons (Fsp3) is 0.118. The topological polar surface area (TPSA) is 100 Å². The third-order valence-corrected chi connectivity index (χ3v) is 3.72. The van der Waals surface area contributed by atoms with Gasteiger partial charge in [-0.2, -0.15) is 4.98 Å². The van der Waals surface area contributed by atoms with Crippen molar-refractivity contribution in [3.63, 3.8) is 0 Å². The number of aromatic amines is 1. The molecule has 0 radical (unpaired) electrons. The number of carbonyl (C=O) groups is 1. The molecule has 0 bridgehead atoms. The molecule has 0 saturated heterocycles. The summed E-state index contributed by atoms with van der Waals surface area (Å²) in [6.07, 6.45) is -0.887. The molecule has 1 amide bonds. The Bertz CT molecular complexity index is 947. The number of halogens is 2. The molecule has 1 heterocycles. The number of aromatic nitrogens is 3. The van der Waals surface area contributed by atoms with Crippen LogP contribution in [0.3, 0.4) is 0 Å². The fourth-order valence-corrected chi connectivity index (χ4v) is 2.29. The zero-order chi connectivity index (χ0) is 18.7. The lowest BCUT2D eigenvalue weighted by atomic mass is 10.2. The van der Waals surface area contributed by atoms with Gasteiger partial charge in [0, 0.05) is 11.6 Å². The Labute approximate surface area is 152 Å². The number of aromatic hydroxyl groups is 1. The van der Waals surface area contributed by atoms with Gasteiger partial charge in [-0.1, -0.05) is 17.7 Å².